The molecule has 28 heavy (non-hydrogen) atoms. The lowest BCUT2D eigenvalue weighted by atomic mass is 9.99. The normalized spacial score (nSPS) is 10.3. The number of carbonyl (C=O) groups is 1. The number of aryl methyl sites for hydroxylation is 2. The molecular formula is C24H25NO3. The molecule has 0 atom stereocenters. The van der Waals surface area contributed by atoms with Gasteiger partial charge in [0, 0.05) is 5.56 Å². The molecule has 0 aliphatic rings. The van der Waals surface area contributed by atoms with E-state index in [0.29, 0.717) is 13.2 Å². The molecule has 1 N–H and O–H groups in total. The molecule has 0 fully saturated rings. The number of methoxy groups -OCH3 is 1. The summed E-state index contributed by atoms with van der Waals surface area (Å²) in [5.74, 6) is 1.47. The third kappa shape index (κ3) is 5.61. The van der Waals surface area contributed by atoms with Crippen molar-refractivity contribution in [2.75, 3.05) is 20.3 Å². The first-order valence-corrected chi connectivity index (χ1v) is 9.43. The minimum atomic E-state index is -0.0676. The fraction of sp³-hybridized carbons (Fsp3) is 0.208. The molecule has 0 heterocycles. The van der Waals surface area contributed by atoms with E-state index in [0.717, 1.165) is 35.5 Å². The lowest BCUT2D eigenvalue weighted by molar-refractivity contribution is 0.0946. The molecule has 0 aliphatic heterocycles. The second-order valence-corrected chi connectivity index (χ2v) is 6.42. The monoisotopic (exact) mass is 375 g/mol. The molecule has 0 unspecified atom stereocenters. The SMILES string of the molecule is COc1ccc(OCCNC(=O)c2ccccc2CCc2ccccc2)cc1. The van der Waals surface area contributed by atoms with E-state index in [1.54, 1.807) is 7.11 Å². The van der Waals surface area contributed by atoms with Crippen molar-refractivity contribution < 1.29 is 14.3 Å². The molecule has 3 rings (SSSR count). The Labute approximate surface area is 166 Å². The van der Waals surface area contributed by atoms with Crippen LogP contribution in [-0.2, 0) is 12.8 Å². The summed E-state index contributed by atoms with van der Waals surface area (Å²) < 4.78 is 10.8. The Morgan fingerprint density at radius 2 is 1.50 bits per heavy atom. The van der Waals surface area contributed by atoms with Crippen LogP contribution in [0.2, 0.25) is 0 Å². The van der Waals surface area contributed by atoms with Gasteiger partial charge in [0.1, 0.15) is 18.1 Å². The van der Waals surface area contributed by atoms with Gasteiger partial charge in [-0.3, -0.25) is 4.79 Å². The highest BCUT2D eigenvalue weighted by Gasteiger charge is 2.10. The summed E-state index contributed by atoms with van der Waals surface area (Å²) in [6.45, 7) is 0.849. The Bertz CT molecular complexity index is 876. The number of rotatable bonds is 9. The number of nitrogens with one attached hydrogen (secondary N) is 1. The van der Waals surface area contributed by atoms with E-state index in [2.05, 4.69) is 17.4 Å². The quantitative estimate of drug-likeness (QED) is 0.568. The van der Waals surface area contributed by atoms with Crippen LogP contribution in [0.25, 0.3) is 0 Å². The van der Waals surface area contributed by atoms with Crippen molar-refractivity contribution in [2.45, 2.75) is 12.8 Å². The molecule has 0 aromatic heterocycles. The number of amides is 1. The zero-order chi connectivity index (χ0) is 19.6. The Kier molecular flexibility index (Phi) is 7.08. The average Bonchev–Trinajstić information content (AvgIpc) is 2.76. The fourth-order valence-corrected chi connectivity index (χ4v) is 2.98. The highest BCUT2D eigenvalue weighted by Crippen LogP contribution is 2.17. The molecule has 4 nitrogen and oxygen atoms in total. The van der Waals surface area contributed by atoms with Gasteiger partial charge in [0.2, 0.25) is 0 Å². The van der Waals surface area contributed by atoms with Crippen molar-refractivity contribution >= 4 is 5.91 Å². The maximum Gasteiger partial charge on any atom is 0.251 e. The molecule has 3 aromatic rings. The fourth-order valence-electron chi connectivity index (χ4n) is 2.98. The van der Waals surface area contributed by atoms with Crippen LogP contribution in [0.15, 0.2) is 78.9 Å². The molecule has 1 amide bonds. The average molecular weight is 375 g/mol. The van der Waals surface area contributed by atoms with Gasteiger partial charge in [0.15, 0.2) is 0 Å². The van der Waals surface area contributed by atoms with E-state index in [1.807, 2.05) is 66.7 Å². The smallest absolute Gasteiger partial charge is 0.251 e. The minimum absolute atomic E-state index is 0.0676. The van der Waals surface area contributed by atoms with E-state index in [1.165, 1.54) is 5.56 Å². The summed E-state index contributed by atoms with van der Waals surface area (Å²) in [6.07, 6.45) is 1.74. The Balaban J connectivity index is 1.49. The van der Waals surface area contributed by atoms with Gasteiger partial charge < -0.3 is 14.8 Å². The highest BCUT2D eigenvalue weighted by atomic mass is 16.5. The molecule has 0 aliphatic carbocycles. The van der Waals surface area contributed by atoms with Gasteiger partial charge in [-0.2, -0.15) is 0 Å². The third-order valence-corrected chi connectivity index (χ3v) is 4.50. The molecule has 0 saturated carbocycles. The third-order valence-electron chi connectivity index (χ3n) is 4.50. The highest BCUT2D eigenvalue weighted by molar-refractivity contribution is 5.95. The van der Waals surface area contributed by atoms with E-state index in [9.17, 15) is 4.79 Å². The number of carbonyl (C=O) groups excluding carboxylic acids is 1. The van der Waals surface area contributed by atoms with Crippen LogP contribution in [0.1, 0.15) is 21.5 Å². The number of benzene rings is 3. The van der Waals surface area contributed by atoms with Gasteiger partial charge >= 0.3 is 0 Å². The van der Waals surface area contributed by atoms with E-state index < -0.39 is 0 Å². The Morgan fingerprint density at radius 1 is 0.821 bits per heavy atom. The summed E-state index contributed by atoms with van der Waals surface area (Å²) >= 11 is 0. The van der Waals surface area contributed by atoms with Crippen LogP contribution in [0, 0.1) is 0 Å². The van der Waals surface area contributed by atoms with Gasteiger partial charge in [-0.25, -0.2) is 0 Å². The van der Waals surface area contributed by atoms with Crippen molar-refractivity contribution in [1.82, 2.24) is 5.32 Å². The maximum absolute atomic E-state index is 12.6. The summed E-state index contributed by atoms with van der Waals surface area (Å²) in [6, 6.07) is 25.5. The first-order chi connectivity index (χ1) is 13.8. The lowest BCUT2D eigenvalue weighted by Gasteiger charge is -2.11. The summed E-state index contributed by atoms with van der Waals surface area (Å²) in [5.41, 5.74) is 3.05. The van der Waals surface area contributed by atoms with Crippen LogP contribution >= 0.6 is 0 Å². The lowest BCUT2D eigenvalue weighted by Crippen LogP contribution is -2.29. The van der Waals surface area contributed by atoms with Crippen LogP contribution in [-0.4, -0.2) is 26.2 Å². The zero-order valence-electron chi connectivity index (χ0n) is 16.1. The first kappa shape index (κ1) is 19.5. The van der Waals surface area contributed by atoms with Crippen molar-refractivity contribution in [1.29, 1.82) is 0 Å². The van der Waals surface area contributed by atoms with Gasteiger partial charge in [0.05, 0.1) is 13.7 Å². The Hall–Kier alpha value is -3.27. The number of ether oxygens (including phenoxy) is 2. The molecule has 3 aromatic carbocycles. The topological polar surface area (TPSA) is 47.6 Å². The minimum Gasteiger partial charge on any atom is -0.497 e. The number of hydrogen-bond acceptors (Lipinski definition) is 3. The standard InChI is InChI=1S/C24H25NO3/c1-27-21-13-15-22(16-14-21)28-18-17-25-24(26)23-10-6-5-9-20(23)12-11-19-7-3-2-4-8-19/h2-10,13-16H,11-12,17-18H2,1H3,(H,25,26). The summed E-state index contributed by atoms with van der Waals surface area (Å²) in [5, 5.41) is 2.94. The molecule has 0 spiro atoms. The van der Waals surface area contributed by atoms with Crippen molar-refractivity contribution in [3.05, 3.63) is 95.6 Å². The van der Waals surface area contributed by atoms with Crippen LogP contribution < -0.4 is 14.8 Å². The summed E-state index contributed by atoms with van der Waals surface area (Å²) in [7, 11) is 1.63. The predicted octanol–water partition coefficient (Wildman–Crippen LogP) is 4.29. The van der Waals surface area contributed by atoms with E-state index in [-0.39, 0.29) is 5.91 Å². The largest absolute Gasteiger partial charge is 0.497 e. The van der Waals surface area contributed by atoms with Crippen LogP contribution in [0.3, 0.4) is 0 Å². The molecular weight excluding hydrogens is 350 g/mol. The van der Waals surface area contributed by atoms with E-state index in [4.69, 9.17) is 9.47 Å². The van der Waals surface area contributed by atoms with Gasteiger partial charge in [-0.1, -0.05) is 48.5 Å². The summed E-state index contributed by atoms with van der Waals surface area (Å²) in [4.78, 5) is 12.6. The second kappa shape index (κ2) is 10.2. The van der Waals surface area contributed by atoms with Gasteiger partial charge in [0.25, 0.3) is 5.91 Å². The second-order valence-electron chi connectivity index (χ2n) is 6.42. The Morgan fingerprint density at radius 3 is 2.25 bits per heavy atom. The van der Waals surface area contributed by atoms with Crippen LogP contribution in [0.4, 0.5) is 0 Å². The molecule has 0 radical (unpaired) electrons. The predicted molar refractivity (Wildman–Crippen MR) is 111 cm³/mol. The van der Waals surface area contributed by atoms with E-state index >= 15 is 0 Å². The molecule has 4 heteroatoms. The molecule has 0 saturated heterocycles. The van der Waals surface area contributed by atoms with Crippen molar-refractivity contribution in [2.24, 2.45) is 0 Å². The zero-order valence-corrected chi connectivity index (χ0v) is 16.1. The van der Waals surface area contributed by atoms with Crippen molar-refractivity contribution in [3.8, 4) is 11.5 Å². The van der Waals surface area contributed by atoms with Crippen molar-refractivity contribution in [3.63, 3.8) is 0 Å². The number of hydrogen-bond donors (Lipinski definition) is 1. The first-order valence-electron chi connectivity index (χ1n) is 9.43. The van der Waals surface area contributed by atoms with Gasteiger partial charge in [-0.05, 0) is 54.3 Å². The molecule has 0 bridgehead atoms. The van der Waals surface area contributed by atoms with Crippen LogP contribution in [0.5, 0.6) is 11.5 Å². The van der Waals surface area contributed by atoms with Gasteiger partial charge in [-0.15, -0.1) is 0 Å². The molecule has 144 valence electrons. The maximum atomic E-state index is 12.6.